The molecule has 1 N–H and O–H groups in total. The van der Waals surface area contributed by atoms with E-state index in [1.54, 1.807) is 0 Å². The number of nitriles is 2. The number of hydrogen-bond donors (Lipinski definition) is 1. The molecule has 33 heavy (non-hydrogen) atoms. The quantitative estimate of drug-likeness (QED) is 0.388. The normalized spacial score (nSPS) is 12.1. The van der Waals surface area contributed by atoms with Gasteiger partial charge in [0.2, 0.25) is 0 Å². The highest BCUT2D eigenvalue weighted by molar-refractivity contribution is 5.96. The minimum absolute atomic E-state index is 0.0376. The van der Waals surface area contributed by atoms with Crippen molar-refractivity contribution in [3.63, 3.8) is 0 Å². The maximum Gasteiger partial charge on any atom is 0.179 e. The molecule has 8 heteroatoms. The zero-order valence-electron chi connectivity index (χ0n) is 19.4. The van der Waals surface area contributed by atoms with Gasteiger partial charge in [-0.3, -0.25) is 0 Å². The van der Waals surface area contributed by atoms with Gasteiger partial charge in [-0.05, 0) is 25.0 Å². The fraction of sp³-hybridized carbons (Fsp3) is 0.480. The Morgan fingerprint density at radius 2 is 1.58 bits per heavy atom. The number of anilines is 4. The van der Waals surface area contributed by atoms with Crippen LogP contribution < -0.4 is 10.2 Å². The summed E-state index contributed by atoms with van der Waals surface area (Å²) < 4.78 is 2.22. The average Bonchev–Trinajstić information content (AvgIpc) is 3.23. The van der Waals surface area contributed by atoms with Gasteiger partial charge in [-0.2, -0.15) is 10.5 Å². The molecule has 170 valence electrons. The number of aryl methyl sites for hydroxylation is 1. The summed E-state index contributed by atoms with van der Waals surface area (Å²) in [5.74, 6) is 1.11. The van der Waals surface area contributed by atoms with Gasteiger partial charge in [0.15, 0.2) is 23.0 Å². The number of fused-ring (bicyclic) bond motifs is 3. The van der Waals surface area contributed by atoms with E-state index in [4.69, 9.17) is 0 Å². The molecule has 8 nitrogen and oxygen atoms in total. The van der Waals surface area contributed by atoms with Crippen LogP contribution in [-0.2, 0) is 6.54 Å². The monoisotopic (exact) mass is 442 g/mol. The van der Waals surface area contributed by atoms with Crippen molar-refractivity contribution >= 4 is 34.0 Å². The Hall–Kier alpha value is -3.65. The fourth-order valence-electron chi connectivity index (χ4n) is 4.32. The van der Waals surface area contributed by atoms with Crippen LogP contribution in [-0.4, -0.2) is 26.1 Å². The van der Waals surface area contributed by atoms with Gasteiger partial charge >= 0.3 is 0 Å². The molecule has 0 atom stereocenters. The van der Waals surface area contributed by atoms with Gasteiger partial charge in [0.25, 0.3) is 0 Å². The molecule has 3 heterocycles. The van der Waals surface area contributed by atoms with E-state index in [0.717, 1.165) is 61.2 Å². The molecule has 0 bridgehead atoms. The summed E-state index contributed by atoms with van der Waals surface area (Å²) in [6.07, 6.45) is 11.2. The summed E-state index contributed by atoms with van der Waals surface area (Å²) in [5, 5.41) is 22.2. The molecule has 0 radical (unpaired) electrons. The topological polar surface area (TPSA) is 106 Å². The van der Waals surface area contributed by atoms with E-state index in [9.17, 15) is 10.5 Å². The van der Waals surface area contributed by atoms with Crippen LogP contribution in [0, 0.1) is 22.7 Å². The number of aromatic nitrogens is 4. The van der Waals surface area contributed by atoms with Gasteiger partial charge < -0.3 is 14.8 Å². The first-order valence-corrected chi connectivity index (χ1v) is 12.0. The minimum atomic E-state index is 0.0376. The first-order valence-electron chi connectivity index (χ1n) is 12.0. The van der Waals surface area contributed by atoms with Crippen molar-refractivity contribution in [3.8, 4) is 12.1 Å². The van der Waals surface area contributed by atoms with Crippen LogP contribution in [0.5, 0.6) is 0 Å². The van der Waals surface area contributed by atoms with Crippen molar-refractivity contribution in [3.05, 3.63) is 29.8 Å². The largest absolute Gasteiger partial charge is 0.335 e. The van der Waals surface area contributed by atoms with Crippen LogP contribution in [0.25, 0.3) is 11.0 Å². The Balaban J connectivity index is 1.73. The molecule has 0 unspecified atom stereocenters. The van der Waals surface area contributed by atoms with Crippen LogP contribution in [0.15, 0.2) is 18.5 Å². The van der Waals surface area contributed by atoms with E-state index in [-0.39, 0.29) is 11.4 Å². The van der Waals surface area contributed by atoms with Crippen LogP contribution in [0.2, 0.25) is 0 Å². The lowest BCUT2D eigenvalue weighted by Crippen LogP contribution is -2.26. The fourth-order valence-corrected chi connectivity index (χ4v) is 4.32. The summed E-state index contributed by atoms with van der Waals surface area (Å²) in [6.45, 7) is 6.13. The second-order valence-electron chi connectivity index (χ2n) is 8.51. The van der Waals surface area contributed by atoms with E-state index in [1.165, 1.54) is 25.7 Å². The van der Waals surface area contributed by atoms with Crippen LogP contribution in [0.1, 0.15) is 76.6 Å². The molecule has 1 aliphatic heterocycles. The Bertz CT molecular complexity index is 1210. The zero-order valence-corrected chi connectivity index (χ0v) is 19.4. The summed E-state index contributed by atoms with van der Waals surface area (Å²) in [5.41, 5.74) is 4.01. The van der Waals surface area contributed by atoms with E-state index in [2.05, 4.69) is 49.6 Å². The van der Waals surface area contributed by atoms with Crippen molar-refractivity contribution in [2.24, 2.45) is 0 Å². The molecule has 0 aliphatic carbocycles. The Kier molecular flexibility index (Phi) is 7.04. The molecule has 0 spiro atoms. The average molecular weight is 443 g/mol. The molecule has 0 saturated carbocycles. The lowest BCUT2D eigenvalue weighted by Gasteiger charge is -2.32. The number of imidazole rings is 1. The lowest BCUT2D eigenvalue weighted by molar-refractivity contribution is 0.591. The number of rotatable bonds is 10. The number of unbranched alkanes of at least 4 members (excludes halogenated alkanes) is 6. The predicted octanol–water partition coefficient (Wildman–Crippen LogP) is 5.93. The molecule has 0 amide bonds. The smallest absolute Gasteiger partial charge is 0.179 e. The minimum Gasteiger partial charge on any atom is -0.335 e. The summed E-state index contributed by atoms with van der Waals surface area (Å²) >= 11 is 0. The number of nitrogens with one attached hydrogen (secondary N) is 1. The van der Waals surface area contributed by atoms with Gasteiger partial charge in [-0.1, -0.05) is 52.4 Å². The third kappa shape index (κ3) is 4.61. The van der Waals surface area contributed by atoms with Crippen molar-refractivity contribution in [2.45, 2.75) is 71.8 Å². The van der Waals surface area contributed by atoms with Gasteiger partial charge in [0.1, 0.15) is 12.1 Å². The highest BCUT2D eigenvalue weighted by atomic mass is 15.3. The number of nitrogens with zero attached hydrogens (tertiary/aromatic N) is 7. The van der Waals surface area contributed by atoms with Crippen molar-refractivity contribution < 1.29 is 0 Å². The van der Waals surface area contributed by atoms with Crippen LogP contribution >= 0.6 is 0 Å². The van der Waals surface area contributed by atoms with Crippen LogP contribution in [0.4, 0.5) is 23.0 Å². The lowest BCUT2D eigenvalue weighted by atomic mass is 10.1. The van der Waals surface area contributed by atoms with E-state index in [0.29, 0.717) is 11.6 Å². The first kappa shape index (κ1) is 22.5. The third-order valence-electron chi connectivity index (χ3n) is 6.12. The Labute approximate surface area is 194 Å². The van der Waals surface area contributed by atoms with Gasteiger partial charge in [0.05, 0.1) is 28.7 Å². The molecule has 1 aliphatic rings. The van der Waals surface area contributed by atoms with Crippen molar-refractivity contribution in [2.75, 3.05) is 16.8 Å². The SMILES string of the molecule is CCCCCCN1c2cc3c(cc2Nc2nc(C#N)c(C#N)nc21)ncn3CCCCCC. The molecule has 3 aromatic rings. The predicted molar refractivity (Wildman–Crippen MR) is 130 cm³/mol. The van der Waals surface area contributed by atoms with Crippen molar-refractivity contribution in [1.82, 2.24) is 19.5 Å². The third-order valence-corrected chi connectivity index (χ3v) is 6.12. The van der Waals surface area contributed by atoms with E-state index < -0.39 is 0 Å². The Morgan fingerprint density at radius 3 is 2.27 bits per heavy atom. The second kappa shape index (κ2) is 10.3. The molecule has 2 aromatic heterocycles. The zero-order chi connectivity index (χ0) is 23.2. The number of benzene rings is 1. The molecule has 1 aromatic carbocycles. The molecular formula is C25H30N8. The highest BCUT2D eigenvalue weighted by Crippen LogP contribution is 2.43. The first-order chi connectivity index (χ1) is 16.2. The highest BCUT2D eigenvalue weighted by Gasteiger charge is 2.28. The maximum absolute atomic E-state index is 9.50. The summed E-state index contributed by atoms with van der Waals surface area (Å²) in [6, 6.07) is 8.22. The summed E-state index contributed by atoms with van der Waals surface area (Å²) in [4.78, 5) is 15.7. The molecule has 0 fully saturated rings. The van der Waals surface area contributed by atoms with E-state index in [1.807, 2.05) is 24.5 Å². The molecule has 4 rings (SSSR count). The number of hydrogen-bond acceptors (Lipinski definition) is 7. The molecule has 0 saturated heterocycles. The van der Waals surface area contributed by atoms with E-state index >= 15 is 0 Å². The molecular weight excluding hydrogens is 412 g/mol. The standard InChI is InChI=1S/C25H30N8/c1-3-5-7-9-11-32-17-28-18-13-19-23(14-22(18)32)33(12-10-8-6-4-2)25-24(29-19)30-20(15-26)21(16-27)31-25/h13-14,17H,3-12H2,1-2H3,(H,29,30). The van der Waals surface area contributed by atoms with Crippen molar-refractivity contribution in [1.29, 1.82) is 10.5 Å². The summed E-state index contributed by atoms with van der Waals surface area (Å²) in [7, 11) is 0. The van der Waals surface area contributed by atoms with Gasteiger partial charge in [-0.15, -0.1) is 0 Å². The maximum atomic E-state index is 9.50. The van der Waals surface area contributed by atoms with Gasteiger partial charge in [0, 0.05) is 13.1 Å². The second-order valence-corrected chi connectivity index (χ2v) is 8.51. The Morgan fingerprint density at radius 1 is 0.879 bits per heavy atom. The van der Waals surface area contributed by atoms with Crippen LogP contribution in [0.3, 0.4) is 0 Å². The van der Waals surface area contributed by atoms with Gasteiger partial charge in [-0.25, -0.2) is 15.0 Å².